The highest BCUT2D eigenvalue weighted by Gasteiger charge is 2.32. The van der Waals surface area contributed by atoms with Gasteiger partial charge in [-0.1, -0.05) is 22.9 Å². The fraction of sp³-hybridized carbons (Fsp3) is 0.364. The van der Waals surface area contributed by atoms with Crippen molar-refractivity contribution in [2.45, 2.75) is 31.2 Å². The Labute approximate surface area is 196 Å². The number of fused-ring (bicyclic) bond motifs is 1. The fourth-order valence-corrected chi connectivity index (χ4v) is 6.71. The van der Waals surface area contributed by atoms with Crippen LogP contribution in [0.15, 0.2) is 52.4 Å². The van der Waals surface area contributed by atoms with Crippen molar-refractivity contribution in [3.63, 3.8) is 0 Å². The van der Waals surface area contributed by atoms with E-state index in [1.54, 1.807) is 12.1 Å². The second-order valence-corrected chi connectivity index (χ2v) is 10.9. The smallest absolute Gasteiger partial charge is 0.251 e. The molecule has 170 valence electrons. The molecular weight excluding hydrogens is 470 g/mol. The molecule has 2 heterocycles. The summed E-state index contributed by atoms with van der Waals surface area (Å²) in [6, 6.07) is 12.0. The van der Waals surface area contributed by atoms with Gasteiger partial charge in [-0.25, -0.2) is 8.42 Å². The summed E-state index contributed by atoms with van der Waals surface area (Å²) in [7, 11) is -2.07. The van der Waals surface area contributed by atoms with E-state index in [1.165, 1.54) is 34.9 Å². The third-order valence-corrected chi connectivity index (χ3v) is 8.86. The molecule has 0 N–H and O–H groups in total. The summed E-state index contributed by atoms with van der Waals surface area (Å²) in [6.07, 6.45) is 0.890. The van der Waals surface area contributed by atoms with Crippen LogP contribution in [-0.4, -0.2) is 43.4 Å². The Morgan fingerprint density at radius 1 is 1.19 bits per heavy atom. The number of methoxy groups -OCH3 is 1. The molecule has 10 heteroatoms. The number of carbonyl (C=O) groups is 1. The van der Waals surface area contributed by atoms with Gasteiger partial charge < -0.3 is 9.30 Å². The van der Waals surface area contributed by atoms with Gasteiger partial charge in [-0.2, -0.15) is 9.30 Å². The van der Waals surface area contributed by atoms with Crippen molar-refractivity contribution in [3.05, 3.63) is 52.3 Å². The van der Waals surface area contributed by atoms with Gasteiger partial charge in [0.25, 0.3) is 5.91 Å². The number of nitrogens with zero attached hydrogens (tertiary/aromatic N) is 3. The minimum atomic E-state index is -3.61. The molecule has 7 nitrogen and oxygen atoms in total. The average Bonchev–Trinajstić information content (AvgIpc) is 3.14. The lowest BCUT2D eigenvalue weighted by atomic mass is 9.98. The molecular formula is C22H24ClN3O4S2. The highest BCUT2D eigenvalue weighted by Crippen LogP contribution is 2.26. The third-order valence-electron chi connectivity index (χ3n) is 5.67. The lowest BCUT2D eigenvalue weighted by molar-refractivity contribution is -0.122. The molecule has 1 fully saturated rings. The SMILES string of the molecule is CCn1c(=NC(=O)C2CCN(S(=O)(=O)c3ccc(OC)cc3)CC2)sc2cc(Cl)ccc21. The predicted octanol–water partition coefficient (Wildman–Crippen LogP) is 3.91. The number of rotatable bonds is 5. The number of aryl methyl sites for hydroxylation is 1. The maximum Gasteiger partial charge on any atom is 0.251 e. The Hall–Kier alpha value is -2.20. The normalized spacial score (nSPS) is 16.5. The molecule has 0 atom stereocenters. The lowest BCUT2D eigenvalue weighted by Crippen LogP contribution is -2.40. The number of piperidine rings is 1. The Kier molecular flexibility index (Phi) is 6.71. The monoisotopic (exact) mass is 493 g/mol. The van der Waals surface area contributed by atoms with Crippen molar-refractivity contribution < 1.29 is 17.9 Å². The van der Waals surface area contributed by atoms with E-state index in [-0.39, 0.29) is 29.8 Å². The van der Waals surface area contributed by atoms with Crippen LogP contribution in [0, 0.1) is 5.92 Å². The Balaban J connectivity index is 1.49. The summed E-state index contributed by atoms with van der Waals surface area (Å²) in [5, 5.41) is 0.644. The molecule has 0 bridgehead atoms. The van der Waals surface area contributed by atoms with Crippen molar-refractivity contribution in [2.75, 3.05) is 20.2 Å². The summed E-state index contributed by atoms with van der Waals surface area (Å²) < 4.78 is 35.4. The summed E-state index contributed by atoms with van der Waals surface area (Å²) in [5.74, 6) is 0.102. The van der Waals surface area contributed by atoms with Gasteiger partial charge in [-0.15, -0.1) is 0 Å². The van der Waals surface area contributed by atoms with Gasteiger partial charge in [0.05, 0.1) is 22.2 Å². The van der Waals surface area contributed by atoms with E-state index in [9.17, 15) is 13.2 Å². The zero-order valence-corrected chi connectivity index (χ0v) is 20.2. The van der Waals surface area contributed by atoms with Gasteiger partial charge >= 0.3 is 0 Å². The molecule has 1 aliphatic rings. The van der Waals surface area contributed by atoms with Crippen LogP contribution in [0.5, 0.6) is 5.75 Å². The first-order valence-corrected chi connectivity index (χ1v) is 13.0. The number of sulfonamides is 1. The Bertz CT molecular complexity index is 1310. The van der Waals surface area contributed by atoms with Gasteiger partial charge in [-0.3, -0.25) is 4.79 Å². The first kappa shape index (κ1) is 23.0. The summed E-state index contributed by atoms with van der Waals surface area (Å²) >= 11 is 7.54. The second kappa shape index (κ2) is 9.35. The zero-order chi connectivity index (χ0) is 22.9. The Morgan fingerprint density at radius 2 is 1.88 bits per heavy atom. The zero-order valence-electron chi connectivity index (χ0n) is 17.8. The second-order valence-electron chi connectivity index (χ2n) is 7.54. The molecule has 2 aromatic carbocycles. The molecule has 3 aromatic rings. The third kappa shape index (κ3) is 4.47. The molecule has 1 amide bonds. The summed E-state index contributed by atoms with van der Waals surface area (Å²) in [4.78, 5) is 18.2. The van der Waals surface area contributed by atoms with Crippen LogP contribution >= 0.6 is 22.9 Å². The van der Waals surface area contributed by atoms with Crippen molar-refractivity contribution in [3.8, 4) is 5.75 Å². The van der Waals surface area contributed by atoms with E-state index in [1.807, 2.05) is 29.7 Å². The maximum atomic E-state index is 12.9. The van der Waals surface area contributed by atoms with Crippen molar-refractivity contribution >= 4 is 49.1 Å². The predicted molar refractivity (Wildman–Crippen MR) is 126 cm³/mol. The van der Waals surface area contributed by atoms with Crippen LogP contribution in [0.25, 0.3) is 10.2 Å². The van der Waals surface area contributed by atoms with Crippen LogP contribution in [-0.2, 0) is 21.4 Å². The first-order chi connectivity index (χ1) is 15.3. The van der Waals surface area contributed by atoms with Gasteiger partial charge in [0.1, 0.15) is 5.75 Å². The number of thiazole rings is 1. The minimum Gasteiger partial charge on any atom is -0.497 e. The van der Waals surface area contributed by atoms with E-state index < -0.39 is 10.0 Å². The van der Waals surface area contributed by atoms with Crippen molar-refractivity contribution in [2.24, 2.45) is 10.9 Å². The number of aromatic nitrogens is 1. The first-order valence-electron chi connectivity index (χ1n) is 10.3. The highest BCUT2D eigenvalue weighted by atomic mass is 35.5. The van der Waals surface area contributed by atoms with Crippen LogP contribution in [0.2, 0.25) is 5.02 Å². The molecule has 0 unspecified atom stereocenters. The highest BCUT2D eigenvalue weighted by molar-refractivity contribution is 7.89. The van der Waals surface area contributed by atoms with E-state index in [0.29, 0.717) is 35.0 Å². The molecule has 0 saturated carbocycles. The number of halogens is 1. The molecule has 1 aliphatic heterocycles. The summed E-state index contributed by atoms with van der Waals surface area (Å²) in [6.45, 7) is 3.27. The number of ether oxygens (including phenoxy) is 1. The minimum absolute atomic E-state index is 0.202. The largest absolute Gasteiger partial charge is 0.497 e. The molecule has 4 rings (SSSR count). The molecule has 0 radical (unpaired) electrons. The average molecular weight is 494 g/mol. The van der Waals surface area contributed by atoms with Crippen molar-refractivity contribution in [1.29, 1.82) is 0 Å². The van der Waals surface area contributed by atoms with Gasteiger partial charge in [0.2, 0.25) is 10.0 Å². The van der Waals surface area contributed by atoms with Crippen LogP contribution in [0.1, 0.15) is 19.8 Å². The van der Waals surface area contributed by atoms with E-state index in [0.717, 1.165) is 10.2 Å². The number of hydrogen-bond acceptors (Lipinski definition) is 5. The van der Waals surface area contributed by atoms with E-state index in [2.05, 4.69) is 4.99 Å². The number of carbonyl (C=O) groups excluding carboxylic acids is 1. The molecule has 1 aromatic heterocycles. The van der Waals surface area contributed by atoms with Crippen LogP contribution in [0.4, 0.5) is 0 Å². The topological polar surface area (TPSA) is 81.0 Å². The maximum absolute atomic E-state index is 12.9. The molecule has 0 spiro atoms. The van der Waals surface area contributed by atoms with Gasteiger partial charge in [-0.05, 0) is 62.2 Å². The van der Waals surface area contributed by atoms with Crippen LogP contribution < -0.4 is 9.54 Å². The molecule has 1 saturated heterocycles. The van der Waals surface area contributed by atoms with E-state index >= 15 is 0 Å². The Morgan fingerprint density at radius 3 is 2.50 bits per heavy atom. The van der Waals surface area contributed by atoms with Crippen molar-refractivity contribution in [1.82, 2.24) is 8.87 Å². The number of amides is 1. The standard InChI is InChI=1S/C22H24ClN3O4S2/c1-3-26-19-9-4-16(23)14-20(19)31-22(26)24-21(27)15-10-12-25(13-11-15)32(28,29)18-7-5-17(30-2)6-8-18/h4-9,14-15H,3,10-13H2,1-2H3. The fourth-order valence-electron chi connectivity index (χ4n) is 3.86. The van der Waals surface area contributed by atoms with Gasteiger partial charge in [0.15, 0.2) is 4.80 Å². The number of benzene rings is 2. The van der Waals surface area contributed by atoms with Crippen LogP contribution in [0.3, 0.4) is 0 Å². The summed E-state index contributed by atoms with van der Waals surface area (Å²) in [5.41, 5.74) is 0.994. The van der Waals surface area contributed by atoms with Gasteiger partial charge in [0, 0.05) is 30.6 Å². The molecule has 32 heavy (non-hydrogen) atoms. The quantitative estimate of drug-likeness (QED) is 0.539. The molecule has 0 aliphatic carbocycles. The lowest BCUT2D eigenvalue weighted by Gasteiger charge is -2.29. The number of hydrogen-bond donors (Lipinski definition) is 0. The van der Waals surface area contributed by atoms with E-state index in [4.69, 9.17) is 16.3 Å².